The first kappa shape index (κ1) is 14.2. The van der Waals surface area contributed by atoms with Crippen LogP contribution in [0.1, 0.15) is 43.5 Å². The normalized spacial score (nSPS) is 18.1. The third kappa shape index (κ3) is 2.46. The van der Waals surface area contributed by atoms with E-state index in [2.05, 4.69) is 60.8 Å². The lowest BCUT2D eigenvalue weighted by Crippen LogP contribution is -3.14. The number of tetrazole rings is 1. The van der Waals surface area contributed by atoms with Crippen molar-refractivity contribution in [2.45, 2.75) is 44.6 Å². The zero-order chi connectivity index (χ0) is 14.9. The van der Waals surface area contributed by atoms with Crippen molar-refractivity contribution >= 4 is 0 Å². The van der Waals surface area contributed by atoms with Crippen molar-refractivity contribution in [2.24, 2.45) is 0 Å². The van der Waals surface area contributed by atoms with Crippen molar-refractivity contribution in [1.82, 2.24) is 20.2 Å². The second kappa shape index (κ2) is 5.56. The van der Waals surface area contributed by atoms with Gasteiger partial charge >= 0.3 is 0 Å². The molecule has 1 aliphatic carbocycles. The van der Waals surface area contributed by atoms with Gasteiger partial charge in [0.25, 0.3) is 0 Å². The van der Waals surface area contributed by atoms with Gasteiger partial charge in [0, 0.05) is 12.8 Å². The molecule has 0 radical (unpaired) electrons. The molecule has 1 aromatic carbocycles. The summed E-state index contributed by atoms with van der Waals surface area (Å²) in [6.07, 6.45) is 6.14. The first-order valence-electron chi connectivity index (χ1n) is 7.80. The highest BCUT2D eigenvalue weighted by Gasteiger charge is 2.45. The van der Waals surface area contributed by atoms with E-state index in [4.69, 9.17) is 0 Å². The number of nitrogens with one attached hydrogen (secondary N) is 1. The molecule has 21 heavy (non-hydrogen) atoms. The lowest BCUT2D eigenvalue weighted by atomic mass is 9.80. The topological polar surface area (TPSA) is 48.0 Å². The molecule has 1 aromatic heterocycles. The average Bonchev–Trinajstić information content (AvgIpc) is 2.97. The molecule has 0 unspecified atom stereocenters. The monoisotopic (exact) mass is 286 g/mol. The molecule has 0 saturated heterocycles. The van der Waals surface area contributed by atoms with Crippen LogP contribution in [-0.4, -0.2) is 34.3 Å². The molecule has 0 atom stereocenters. The quantitative estimate of drug-likeness (QED) is 0.924. The van der Waals surface area contributed by atoms with Crippen molar-refractivity contribution in [3.05, 3.63) is 35.7 Å². The average molecular weight is 286 g/mol. The third-order valence-corrected chi connectivity index (χ3v) is 4.81. The van der Waals surface area contributed by atoms with Crippen LogP contribution in [0.2, 0.25) is 0 Å². The molecular formula is C16H24N5+. The number of nitrogens with zero attached hydrogens (tertiary/aromatic N) is 4. The molecule has 0 spiro atoms. The van der Waals surface area contributed by atoms with E-state index >= 15 is 0 Å². The van der Waals surface area contributed by atoms with Crippen LogP contribution < -0.4 is 4.90 Å². The summed E-state index contributed by atoms with van der Waals surface area (Å²) in [5.41, 5.74) is 2.32. The largest absolute Gasteiger partial charge is 0.329 e. The van der Waals surface area contributed by atoms with E-state index < -0.39 is 0 Å². The number of hydrogen-bond acceptors (Lipinski definition) is 3. The molecule has 5 nitrogen and oxygen atoms in total. The summed E-state index contributed by atoms with van der Waals surface area (Å²) in [6.45, 7) is 2.10. The van der Waals surface area contributed by atoms with Crippen LogP contribution in [0, 0.1) is 6.92 Å². The number of rotatable bonds is 3. The van der Waals surface area contributed by atoms with E-state index in [0.29, 0.717) is 0 Å². The predicted octanol–water partition coefficient (Wildman–Crippen LogP) is 1.27. The second-order valence-corrected chi connectivity index (χ2v) is 6.40. The Hall–Kier alpha value is -1.75. The Balaban J connectivity index is 2.08. The molecule has 0 bridgehead atoms. The van der Waals surface area contributed by atoms with Gasteiger partial charge in [-0.2, -0.15) is 4.68 Å². The number of benzene rings is 1. The maximum Gasteiger partial charge on any atom is 0.217 e. The first-order chi connectivity index (χ1) is 10.1. The molecule has 1 aliphatic rings. The van der Waals surface area contributed by atoms with E-state index in [9.17, 15) is 0 Å². The molecule has 1 saturated carbocycles. The van der Waals surface area contributed by atoms with Crippen molar-refractivity contribution in [2.75, 3.05) is 14.1 Å². The van der Waals surface area contributed by atoms with Crippen molar-refractivity contribution < 1.29 is 4.90 Å². The summed E-state index contributed by atoms with van der Waals surface area (Å²) in [4.78, 5) is 1.42. The van der Waals surface area contributed by atoms with Gasteiger partial charge in [-0.05, 0) is 47.9 Å². The molecular weight excluding hydrogens is 262 g/mol. The lowest BCUT2D eigenvalue weighted by molar-refractivity contribution is -0.927. The van der Waals surface area contributed by atoms with Crippen molar-refractivity contribution in [3.63, 3.8) is 0 Å². The Bertz CT molecular complexity index is 611. The molecule has 0 aliphatic heterocycles. The second-order valence-electron chi connectivity index (χ2n) is 6.40. The third-order valence-electron chi connectivity index (χ3n) is 4.81. The summed E-state index contributed by atoms with van der Waals surface area (Å²) >= 11 is 0. The highest BCUT2D eigenvalue weighted by atomic mass is 15.6. The van der Waals surface area contributed by atoms with Gasteiger partial charge in [0.2, 0.25) is 5.82 Å². The van der Waals surface area contributed by atoms with Gasteiger partial charge in [0.15, 0.2) is 5.54 Å². The van der Waals surface area contributed by atoms with Crippen LogP contribution >= 0.6 is 0 Å². The molecule has 2 aromatic rings. The zero-order valence-corrected chi connectivity index (χ0v) is 13.1. The number of hydrogen-bond donors (Lipinski definition) is 1. The molecule has 1 fully saturated rings. The van der Waals surface area contributed by atoms with Gasteiger partial charge in [0.05, 0.1) is 19.8 Å². The fourth-order valence-corrected chi connectivity index (χ4v) is 3.52. The van der Waals surface area contributed by atoms with Gasteiger partial charge in [0.1, 0.15) is 0 Å². The maximum absolute atomic E-state index is 4.42. The van der Waals surface area contributed by atoms with Crippen LogP contribution in [-0.2, 0) is 5.54 Å². The van der Waals surface area contributed by atoms with Crippen LogP contribution in [0.25, 0.3) is 5.69 Å². The van der Waals surface area contributed by atoms with Crippen LogP contribution in [0.15, 0.2) is 24.3 Å². The minimum atomic E-state index is 0.0332. The van der Waals surface area contributed by atoms with Gasteiger partial charge in [-0.25, -0.2) is 0 Å². The van der Waals surface area contributed by atoms with Crippen LogP contribution in [0.4, 0.5) is 0 Å². The number of aromatic nitrogens is 4. The van der Waals surface area contributed by atoms with Crippen molar-refractivity contribution in [3.8, 4) is 5.69 Å². The van der Waals surface area contributed by atoms with E-state index in [0.717, 1.165) is 24.4 Å². The Morgan fingerprint density at radius 3 is 2.57 bits per heavy atom. The fraction of sp³-hybridized carbons (Fsp3) is 0.562. The zero-order valence-electron chi connectivity index (χ0n) is 13.1. The highest BCUT2D eigenvalue weighted by Crippen LogP contribution is 2.33. The summed E-state index contributed by atoms with van der Waals surface area (Å²) in [5, 5.41) is 12.7. The van der Waals surface area contributed by atoms with E-state index in [1.165, 1.54) is 29.7 Å². The fourth-order valence-electron chi connectivity index (χ4n) is 3.52. The Kier molecular flexibility index (Phi) is 3.76. The number of aryl methyl sites for hydroxylation is 1. The van der Waals surface area contributed by atoms with Gasteiger partial charge in [-0.3, -0.25) is 0 Å². The molecule has 1 heterocycles. The van der Waals surface area contributed by atoms with E-state index in [-0.39, 0.29) is 5.54 Å². The first-order valence-corrected chi connectivity index (χ1v) is 7.80. The number of quaternary nitrogens is 1. The van der Waals surface area contributed by atoms with Crippen molar-refractivity contribution in [1.29, 1.82) is 0 Å². The molecule has 1 N–H and O–H groups in total. The lowest BCUT2D eigenvalue weighted by Gasteiger charge is -2.38. The molecule has 5 heteroatoms. The Labute approximate surface area is 126 Å². The molecule has 3 rings (SSSR count). The van der Waals surface area contributed by atoms with E-state index in [1.807, 2.05) is 4.68 Å². The van der Waals surface area contributed by atoms with Gasteiger partial charge < -0.3 is 4.90 Å². The van der Waals surface area contributed by atoms with Gasteiger partial charge in [-0.1, -0.05) is 18.6 Å². The van der Waals surface area contributed by atoms with Gasteiger partial charge in [-0.15, -0.1) is 5.10 Å². The predicted molar refractivity (Wildman–Crippen MR) is 81.5 cm³/mol. The maximum atomic E-state index is 4.42. The summed E-state index contributed by atoms with van der Waals surface area (Å²) < 4.78 is 1.94. The van der Waals surface area contributed by atoms with Crippen LogP contribution in [0.5, 0.6) is 0 Å². The smallest absolute Gasteiger partial charge is 0.217 e. The summed E-state index contributed by atoms with van der Waals surface area (Å²) in [6, 6.07) is 8.38. The molecule has 0 amide bonds. The summed E-state index contributed by atoms with van der Waals surface area (Å²) in [5.74, 6) is 1.01. The standard InChI is InChI=1S/C16H23N5/c1-13-8-7-9-14(12-13)21-15(17-18-19-21)16(20(2)3)10-5-4-6-11-16/h7-9,12H,4-6,10-11H2,1-3H3/p+1. The minimum Gasteiger partial charge on any atom is -0.329 e. The highest BCUT2D eigenvalue weighted by molar-refractivity contribution is 5.35. The SMILES string of the molecule is Cc1cccc(-n2nnnc2C2([NH+](C)C)CCCCC2)c1. The summed E-state index contributed by atoms with van der Waals surface area (Å²) in [7, 11) is 4.45. The van der Waals surface area contributed by atoms with Crippen LogP contribution in [0.3, 0.4) is 0 Å². The Morgan fingerprint density at radius 1 is 1.14 bits per heavy atom. The van der Waals surface area contributed by atoms with E-state index in [1.54, 1.807) is 0 Å². The Morgan fingerprint density at radius 2 is 1.90 bits per heavy atom. The molecule has 112 valence electrons. The minimum absolute atomic E-state index is 0.0332.